The summed E-state index contributed by atoms with van der Waals surface area (Å²) in [6.07, 6.45) is 3.20. The van der Waals surface area contributed by atoms with E-state index in [1.54, 1.807) is 39.2 Å². The molecule has 1 saturated carbocycles. The van der Waals surface area contributed by atoms with Crippen LogP contribution in [0.15, 0.2) is 28.7 Å². The number of anilines is 2. The van der Waals surface area contributed by atoms with Gasteiger partial charge in [0.25, 0.3) is 5.91 Å². The number of benzene rings is 1. The molecule has 4 aliphatic carbocycles. The number of halogens is 1. The van der Waals surface area contributed by atoms with E-state index < -0.39 is 69.7 Å². The van der Waals surface area contributed by atoms with Gasteiger partial charge in [-0.2, -0.15) is 0 Å². The fourth-order valence-electron chi connectivity index (χ4n) is 6.84. The van der Waals surface area contributed by atoms with Gasteiger partial charge in [-0.3, -0.25) is 24.1 Å². The number of hydrogen-bond acceptors (Lipinski definition) is 11. The number of nitrogens with two attached hydrogens (primary N) is 1. The molecule has 13 nitrogen and oxygen atoms in total. The number of Topliss-reactive ketones (excluding diaryl/α,β-unsaturated/α-hetero) is 2. The van der Waals surface area contributed by atoms with Crippen LogP contribution in [-0.4, -0.2) is 101 Å². The number of aromatic hydroxyl groups is 1. The number of nitrogens with zero attached hydrogens (tertiary/aromatic N) is 2. The Hall–Kier alpha value is -3.65. The number of primary amides is 1. The van der Waals surface area contributed by atoms with E-state index in [0.717, 1.165) is 19.3 Å². The lowest BCUT2D eigenvalue weighted by Gasteiger charge is -2.50. The fourth-order valence-corrected chi connectivity index (χ4v) is 6.84. The van der Waals surface area contributed by atoms with Gasteiger partial charge in [-0.05, 0) is 57.3 Å². The van der Waals surface area contributed by atoms with Gasteiger partial charge in [-0.15, -0.1) is 12.4 Å². The summed E-state index contributed by atoms with van der Waals surface area (Å²) >= 11 is 0. The molecule has 0 heterocycles. The molecule has 43 heavy (non-hydrogen) atoms. The molecule has 0 aromatic heterocycles. The molecule has 8 N–H and O–H groups in total. The third kappa shape index (κ3) is 4.93. The monoisotopic (exact) mass is 619 g/mol. The van der Waals surface area contributed by atoms with Crippen molar-refractivity contribution in [3.8, 4) is 5.75 Å². The Labute approximate surface area is 254 Å². The summed E-state index contributed by atoms with van der Waals surface area (Å²) in [6, 6.07) is 0.779. The lowest BCUT2D eigenvalue weighted by molar-refractivity contribution is -0.148. The van der Waals surface area contributed by atoms with Crippen molar-refractivity contribution >= 4 is 47.2 Å². The molecule has 1 aromatic carbocycles. The second-order valence-electron chi connectivity index (χ2n) is 12.1. The number of ketones is 2. The first-order valence-electron chi connectivity index (χ1n) is 13.9. The highest BCUT2D eigenvalue weighted by Crippen LogP contribution is 2.53. The fraction of sp³-hybridized carbons (Fsp3) is 0.517. The Kier molecular flexibility index (Phi) is 8.59. The van der Waals surface area contributed by atoms with Gasteiger partial charge in [-0.25, -0.2) is 0 Å². The zero-order valence-electron chi connectivity index (χ0n) is 24.4. The van der Waals surface area contributed by atoms with E-state index in [2.05, 4.69) is 10.6 Å². The summed E-state index contributed by atoms with van der Waals surface area (Å²) in [5, 5.41) is 51.2. The van der Waals surface area contributed by atoms with E-state index in [4.69, 9.17) is 5.73 Å². The van der Waals surface area contributed by atoms with Gasteiger partial charge in [-0.1, -0.05) is 6.42 Å². The predicted octanol–water partition coefficient (Wildman–Crippen LogP) is 0.689. The number of phenolic OH excluding ortho intramolecular Hbond substituents is 1. The standard InChI is InChI=1S/C29H37N5O8.ClH/c1-33(2)17-10-16(32-18(35)11-31-13-6-5-7-13)23(36)20-14(17)8-12-9-15-22(34(3)4)25(38)21(28(30)41)27(40)29(15,42)26(39)19(12)24(20)37;/h10,12-13,15,22,31,36,38-39,42H,5-9,11H2,1-4H3,(H2,30,41)(H,32,35);1H/t12?,15?,22-,29?;/m0./s1. The topological polar surface area (TPSA) is 206 Å². The quantitative estimate of drug-likeness (QED) is 0.167. The van der Waals surface area contributed by atoms with Crippen molar-refractivity contribution in [2.24, 2.45) is 17.6 Å². The average Bonchev–Trinajstić information content (AvgIpc) is 2.86. The summed E-state index contributed by atoms with van der Waals surface area (Å²) < 4.78 is 0. The second-order valence-corrected chi connectivity index (χ2v) is 12.1. The Bertz CT molecular complexity index is 1470. The van der Waals surface area contributed by atoms with E-state index >= 15 is 0 Å². The largest absolute Gasteiger partial charge is 0.510 e. The first-order valence-corrected chi connectivity index (χ1v) is 13.9. The molecule has 0 saturated heterocycles. The molecule has 2 amide bonds. The number of allylic oxidation sites excluding steroid dienone is 1. The van der Waals surface area contributed by atoms with Crippen molar-refractivity contribution in [2.45, 2.75) is 49.8 Å². The molecule has 4 atom stereocenters. The average molecular weight is 620 g/mol. The summed E-state index contributed by atoms with van der Waals surface area (Å²) in [7, 11) is 6.65. The normalized spacial score (nSPS) is 26.7. The van der Waals surface area contributed by atoms with Gasteiger partial charge >= 0.3 is 0 Å². The molecule has 5 rings (SSSR count). The number of fused-ring (bicyclic) bond motifs is 3. The number of hydrogen-bond donors (Lipinski definition) is 7. The second kappa shape index (κ2) is 11.5. The number of aliphatic hydroxyl groups excluding tert-OH is 2. The van der Waals surface area contributed by atoms with E-state index in [-0.39, 0.29) is 54.7 Å². The molecular formula is C29H38ClN5O8. The molecule has 1 aromatic rings. The summed E-state index contributed by atoms with van der Waals surface area (Å²) in [6.45, 7) is 0.0204. The minimum absolute atomic E-state index is 0. The van der Waals surface area contributed by atoms with Crippen LogP contribution < -0.4 is 21.3 Å². The van der Waals surface area contributed by atoms with Crippen LogP contribution in [0.4, 0.5) is 11.4 Å². The number of rotatable bonds is 7. The Balaban J connectivity index is 0.00000423. The number of carbonyl (C=O) groups excluding carboxylic acids is 4. The molecule has 1 fully saturated rings. The lowest BCUT2D eigenvalue weighted by atomic mass is 9.58. The minimum atomic E-state index is -2.72. The van der Waals surface area contributed by atoms with Crippen LogP contribution in [0.1, 0.15) is 41.6 Å². The number of phenols is 1. The molecular weight excluding hydrogens is 582 g/mol. The van der Waals surface area contributed by atoms with Crippen LogP contribution in [0.2, 0.25) is 0 Å². The Morgan fingerprint density at radius 3 is 2.30 bits per heavy atom. The van der Waals surface area contributed by atoms with Gasteiger partial charge in [0, 0.05) is 37.3 Å². The maximum atomic E-state index is 14.1. The lowest BCUT2D eigenvalue weighted by Crippen LogP contribution is -2.63. The zero-order valence-corrected chi connectivity index (χ0v) is 25.2. The zero-order chi connectivity index (χ0) is 30.8. The third-order valence-corrected chi connectivity index (χ3v) is 9.11. The smallest absolute Gasteiger partial charge is 0.255 e. The van der Waals surface area contributed by atoms with Gasteiger partial charge in [0.1, 0.15) is 17.1 Å². The third-order valence-electron chi connectivity index (χ3n) is 9.11. The molecule has 0 spiro atoms. The number of aliphatic hydroxyl groups is 3. The molecule has 0 bridgehead atoms. The van der Waals surface area contributed by atoms with E-state index in [1.165, 1.54) is 4.90 Å². The van der Waals surface area contributed by atoms with Crippen LogP contribution >= 0.6 is 12.4 Å². The van der Waals surface area contributed by atoms with Crippen molar-refractivity contribution in [2.75, 3.05) is 45.0 Å². The van der Waals surface area contributed by atoms with Crippen molar-refractivity contribution < 1.29 is 39.6 Å². The number of amides is 2. The Morgan fingerprint density at radius 1 is 1.12 bits per heavy atom. The van der Waals surface area contributed by atoms with Gasteiger partial charge in [0.2, 0.25) is 11.7 Å². The molecule has 234 valence electrons. The van der Waals surface area contributed by atoms with Gasteiger partial charge in [0.15, 0.2) is 17.1 Å². The summed E-state index contributed by atoms with van der Waals surface area (Å²) in [4.78, 5) is 55.6. The highest BCUT2D eigenvalue weighted by atomic mass is 35.5. The molecule has 4 aliphatic rings. The number of likely N-dealkylation sites (N-methyl/N-ethyl adjacent to an activating group) is 1. The summed E-state index contributed by atoms with van der Waals surface area (Å²) in [5.74, 6) is -7.66. The van der Waals surface area contributed by atoms with Gasteiger partial charge < -0.3 is 41.7 Å². The first kappa shape index (κ1) is 32.3. The molecule has 0 radical (unpaired) electrons. The minimum Gasteiger partial charge on any atom is -0.510 e. The van der Waals surface area contributed by atoms with Crippen molar-refractivity contribution in [3.05, 3.63) is 39.9 Å². The summed E-state index contributed by atoms with van der Waals surface area (Å²) in [5.41, 5.74) is 2.41. The van der Waals surface area contributed by atoms with E-state index in [0.29, 0.717) is 11.3 Å². The van der Waals surface area contributed by atoms with Crippen LogP contribution in [0, 0.1) is 11.8 Å². The van der Waals surface area contributed by atoms with Gasteiger partial charge in [0.05, 0.1) is 23.8 Å². The number of nitrogens with one attached hydrogen (secondary N) is 2. The highest BCUT2D eigenvalue weighted by molar-refractivity contribution is 6.25. The van der Waals surface area contributed by atoms with E-state index in [9.17, 15) is 39.6 Å². The molecule has 0 aliphatic heterocycles. The maximum Gasteiger partial charge on any atom is 0.255 e. The highest BCUT2D eigenvalue weighted by Gasteiger charge is 2.63. The van der Waals surface area contributed by atoms with Crippen molar-refractivity contribution in [3.63, 3.8) is 0 Å². The first-order chi connectivity index (χ1) is 19.7. The Morgan fingerprint density at radius 2 is 1.77 bits per heavy atom. The molecule has 3 unspecified atom stereocenters. The van der Waals surface area contributed by atoms with Crippen molar-refractivity contribution in [1.29, 1.82) is 0 Å². The van der Waals surface area contributed by atoms with Crippen LogP contribution in [0.3, 0.4) is 0 Å². The van der Waals surface area contributed by atoms with Crippen LogP contribution in [0.5, 0.6) is 5.75 Å². The SMILES string of the molecule is CN(C)c1cc(NC(=O)CNC2CCC2)c(O)c2c1CC1CC3[C@H](N(C)C)C(O)=C(C(N)=O)C(=O)C3(O)C(O)=C1C2=O.Cl. The van der Waals surface area contributed by atoms with Crippen molar-refractivity contribution in [1.82, 2.24) is 10.2 Å². The van der Waals surface area contributed by atoms with E-state index in [1.807, 2.05) is 0 Å². The molecule has 14 heteroatoms. The van der Waals surface area contributed by atoms with Crippen LogP contribution in [-0.2, 0) is 20.8 Å². The maximum absolute atomic E-state index is 14.1. The predicted molar refractivity (Wildman–Crippen MR) is 160 cm³/mol. The van der Waals surface area contributed by atoms with Crippen LogP contribution in [0.25, 0.3) is 0 Å². The number of carbonyl (C=O) groups is 4.